The van der Waals surface area contributed by atoms with Crippen molar-refractivity contribution in [2.24, 2.45) is 0 Å². The molecule has 2 heterocycles. The van der Waals surface area contributed by atoms with Gasteiger partial charge in [-0.15, -0.1) is 10.2 Å². The van der Waals surface area contributed by atoms with Gasteiger partial charge in [0.25, 0.3) is 0 Å². The predicted octanol–water partition coefficient (Wildman–Crippen LogP) is 3.01. The topological polar surface area (TPSA) is 34.0 Å². The Balaban J connectivity index is 1.57. The smallest absolute Gasteiger partial charge is 0.147 e. The number of hydrogen-bond donors (Lipinski definition) is 0. The molecule has 0 bridgehead atoms. The van der Waals surface area contributed by atoms with E-state index < -0.39 is 5.82 Å². The fraction of sp³-hybridized carbons (Fsp3) is 0.500. The summed E-state index contributed by atoms with van der Waals surface area (Å²) in [5.74, 6) is 1.83. The van der Waals surface area contributed by atoms with Crippen molar-refractivity contribution in [2.45, 2.75) is 44.8 Å². The summed E-state index contributed by atoms with van der Waals surface area (Å²) in [5.41, 5.74) is 0.399. The number of halogens is 2. The molecule has 0 amide bonds. The summed E-state index contributed by atoms with van der Waals surface area (Å²) in [6, 6.07) is 3.44. The minimum Gasteiger partial charge on any atom is -0.312 e. The molecule has 1 aliphatic heterocycles. The lowest BCUT2D eigenvalue weighted by Crippen LogP contribution is -2.36. The molecule has 1 aromatic heterocycles. The molecule has 1 aliphatic carbocycles. The summed E-state index contributed by atoms with van der Waals surface area (Å²) in [6.07, 6.45) is 2.40. The average Bonchev–Trinajstić information content (AvgIpc) is 3.28. The third kappa shape index (κ3) is 2.31. The number of nitrogens with zero attached hydrogens (tertiary/aromatic N) is 4. The third-order valence-electron chi connectivity index (χ3n) is 4.71. The maximum absolute atomic E-state index is 14.0. The van der Waals surface area contributed by atoms with Gasteiger partial charge in [0.1, 0.15) is 23.3 Å². The average molecular weight is 304 g/mol. The van der Waals surface area contributed by atoms with Gasteiger partial charge in [-0.1, -0.05) is 0 Å². The quantitative estimate of drug-likeness (QED) is 0.874. The van der Waals surface area contributed by atoms with E-state index in [0.717, 1.165) is 30.8 Å². The fourth-order valence-corrected chi connectivity index (χ4v) is 3.20. The van der Waals surface area contributed by atoms with Gasteiger partial charge in [0.2, 0.25) is 0 Å². The first-order valence-electron chi connectivity index (χ1n) is 7.74. The Morgan fingerprint density at radius 2 is 2.00 bits per heavy atom. The molecule has 2 aliphatic rings. The monoisotopic (exact) mass is 304 g/mol. The van der Waals surface area contributed by atoms with E-state index in [2.05, 4.69) is 19.7 Å². The van der Waals surface area contributed by atoms with Crippen LogP contribution in [0.3, 0.4) is 0 Å². The second-order valence-electron chi connectivity index (χ2n) is 6.21. The van der Waals surface area contributed by atoms with E-state index in [4.69, 9.17) is 0 Å². The van der Waals surface area contributed by atoms with Crippen molar-refractivity contribution in [1.29, 1.82) is 0 Å². The third-order valence-corrected chi connectivity index (χ3v) is 4.71. The first-order valence-corrected chi connectivity index (χ1v) is 7.74. The van der Waals surface area contributed by atoms with Crippen LogP contribution >= 0.6 is 0 Å². The molecular formula is C16H18F2N4. The van der Waals surface area contributed by atoms with Gasteiger partial charge in [0.05, 0.1) is 6.54 Å². The molecule has 1 saturated carbocycles. The molecule has 0 spiro atoms. The number of hydrogen-bond acceptors (Lipinski definition) is 3. The molecule has 0 unspecified atom stereocenters. The molecule has 1 atom stereocenters. The Hall–Kier alpha value is -1.82. The summed E-state index contributed by atoms with van der Waals surface area (Å²) in [5, 5.41) is 8.60. The van der Waals surface area contributed by atoms with Crippen LogP contribution in [0.4, 0.5) is 8.78 Å². The zero-order chi connectivity index (χ0) is 15.3. The Kier molecular flexibility index (Phi) is 3.22. The minimum atomic E-state index is -0.403. The van der Waals surface area contributed by atoms with Crippen molar-refractivity contribution >= 4 is 0 Å². The van der Waals surface area contributed by atoms with E-state index in [-0.39, 0.29) is 11.9 Å². The maximum atomic E-state index is 14.0. The number of rotatable bonds is 3. The van der Waals surface area contributed by atoms with E-state index in [0.29, 0.717) is 18.0 Å². The van der Waals surface area contributed by atoms with Crippen molar-refractivity contribution < 1.29 is 8.78 Å². The molecule has 0 radical (unpaired) electrons. The van der Waals surface area contributed by atoms with E-state index >= 15 is 0 Å². The molecule has 1 aromatic carbocycles. The van der Waals surface area contributed by atoms with Gasteiger partial charge >= 0.3 is 0 Å². The van der Waals surface area contributed by atoms with E-state index in [9.17, 15) is 8.78 Å². The lowest BCUT2D eigenvalue weighted by atomic mass is 10.1. The summed E-state index contributed by atoms with van der Waals surface area (Å²) in [7, 11) is 0. The van der Waals surface area contributed by atoms with Gasteiger partial charge in [-0.3, -0.25) is 4.90 Å². The lowest BCUT2D eigenvalue weighted by Gasteiger charge is -2.33. The second-order valence-corrected chi connectivity index (χ2v) is 6.21. The van der Waals surface area contributed by atoms with Gasteiger partial charge in [0.15, 0.2) is 0 Å². The van der Waals surface area contributed by atoms with Crippen LogP contribution in [0.5, 0.6) is 0 Å². The summed E-state index contributed by atoms with van der Waals surface area (Å²) < 4.78 is 29.6. The Bertz CT molecular complexity index is 708. The van der Waals surface area contributed by atoms with Gasteiger partial charge in [-0.05, 0) is 38.0 Å². The van der Waals surface area contributed by atoms with Gasteiger partial charge in [-0.25, -0.2) is 8.78 Å². The second kappa shape index (κ2) is 5.12. The van der Waals surface area contributed by atoms with E-state index in [1.807, 2.05) is 6.92 Å². The molecule has 4 rings (SSSR count). The van der Waals surface area contributed by atoms with Crippen LogP contribution in [0.15, 0.2) is 18.2 Å². The SMILES string of the molecule is C[C@H](c1cc(F)ccc1F)N1CCn2c(nnc2C2CC2)C1. The van der Waals surface area contributed by atoms with Gasteiger partial charge in [0, 0.05) is 30.6 Å². The van der Waals surface area contributed by atoms with Gasteiger partial charge in [-0.2, -0.15) is 0 Å². The highest BCUT2D eigenvalue weighted by molar-refractivity contribution is 5.22. The highest BCUT2D eigenvalue weighted by atomic mass is 19.1. The number of aromatic nitrogens is 3. The molecular weight excluding hydrogens is 286 g/mol. The van der Waals surface area contributed by atoms with Crippen molar-refractivity contribution in [3.05, 3.63) is 47.0 Å². The van der Waals surface area contributed by atoms with Crippen molar-refractivity contribution in [3.63, 3.8) is 0 Å². The Morgan fingerprint density at radius 3 is 2.77 bits per heavy atom. The molecule has 116 valence electrons. The maximum Gasteiger partial charge on any atom is 0.147 e. The van der Waals surface area contributed by atoms with Crippen molar-refractivity contribution in [1.82, 2.24) is 19.7 Å². The van der Waals surface area contributed by atoms with Crippen LogP contribution in [-0.4, -0.2) is 26.2 Å². The predicted molar refractivity (Wildman–Crippen MR) is 77.2 cm³/mol. The fourth-order valence-electron chi connectivity index (χ4n) is 3.20. The number of benzene rings is 1. The zero-order valence-electron chi connectivity index (χ0n) is 12.5. The lowest BCUT2D eigenvalue weighted by molar-refractivity contribution is 0.159. The van der Waals surface area contributed by atoms with Crippen LogP contribution in [0.25, 0.3) is 0 Å². The molecule has 6 heteroatoms. The van der Waals surface area contributed by atoms with E-state index in [1.54, 1.807) is 0 Å². The van der Waals surface area contributed by atoms with Crippen molar-refractivity contribution in [3.8, 4) is 0 Å². The molecule has 22 heavy (non-hydrogen) atoms. The largest absolute Gasteiger partial charge is 0.312 e. The Morgan fingerprint density at radius 1 is 1.18 bits per heavy atom. The molecule has 0 N–H and O–H groups in total. The standard InChI is InChI=1S/C16H18F2N4/c1-10(13-8-12(17)4-5-14(13)18)21-6-7-22-15(9-21)19-20-16(22)11-2-3-11/h4-5,8,10-11H,2-3,6-7,9H2,1H3/t10-/m1/s1. The molecule has 1 fully saturated rings. The van der Waals surface area contributed by atoms with Crippen LogP contribution in [0.2, 0.25) is 0 Å². The molecule has 2 aromatic rings. The minimum absolute atomic E-state index is 0.189. The highest BCUT2D eigenvalue weighted by Gasteiger charge is 2.33. The van der Waals surface area contributed by atoms with Crippen LogP contribution in [0, 0.1) is 11.6 Å². The van der Waals surface area contributed by atoms with E-state index in [1.165, 1.54) is 25.0 Å². The number of fused-ring (bicyclic) bond motifs is 1. The summed E-state index contributed by atoms with van der Waals surface area (Å²) in [4.78, 5) is 2.12. The zero-order valence-corrected chi connectivity index (χ0v) is 12.5. The first-order chi connectivity index (χ1) is 10.6. The molecule has 0 saturated heterocycles. The molecule has 4 nitrogen and oxygen atoms in total. The summed E-state index contributed by atoms with van der Waals surface area (Å²) in [6.45, 7) is 4.14. The highest BCUT2D eigenvalue weighted by Crippen LogP contribution is 2.40. The first kappa shape index (κ1) is 13.8. The normalized spacial score (nSPS) is 20.0. The van der Waals surface area contributed by atoms with Crippen LogP contribution < -0.4 is 0 Å². The summed E-state index contributed by atoms with van der Waals surface area (Å²) >= 11 is 0. The van der Waals surface area contributed by atoms with Gasteiger partial charge < -0.3 is 4.57 Å². The van der Waals surface area contributed by atoms with Crippen LogP contribution in [0.1, 0.15) is 48.9 Å². The Labute approximate surface area is 127 Å². The van der Waals surface area contributed by atoms with Crippen molar-refractivity contribution in [2.75, 3.05) is 6.54 Å². The van der Waals surface area contributed by atoms with Crippen LogP contribution in [-0.2, 0) is 13.1 Å².